The normalized spacial score (nSPS) is 14.7. The lowest BCUT2D eigenvalue weighted by Gasteiger charge is -2.35. The molecule has 1 aliphatic rings. The molecule has 0 saturated carbocycles. The zero-order valence-corrected chi connectivity index (χ0v) is 19.6. The third kappa shape index (κ3) is 4.33. The lowest BCUT2D eigenvalue weighted by molar-refractivity contribution is 0.0714. The maximum absolute atomic E-state index is 12.5. The number of benzene rings is 1. The highest BCUT2D eigenvalue weighted by molar-refractivity contribution is 5.91. The second-order valence-corrected chi connectivity index (χ2v) is 9.84. The molecular weight excluding hydrogens is 432 g/mol. The summed E-state index contributed by atoms with van der Waals surface area (Å²) in [5, 5.41) is 0. The summed E-state index contributed by atoms with van der Waals surface area (Å²) in [6.07, 6.45) is 2.72. The maximum atomic E-state index is 12.5. The van der Waals surface area contributed by atoms with E-state index in [0.29, 0.717) is 25.3 Å². The number of rotatable bonds is 4. The molecule has 1 amide bonds. The van der Waals surface area contributed by atoms with Crippen molar-refractivity contribution >= 4 is 22.8 Å². The molecule has 4 heterocycles. The van der Waals surface area contributed by atoms with Gasteiger partial charge in [0, 0.05) is 44.0 Å². The number of aromatic amines is 1. The first kappa shape index (κ1) is 21.9. The van der Waals surface area contributed by atoms with Crippen molar-refractivity contribution in [2.45, 2.75) is 27.3 Å². The largest absolute Gasteiger partial charge is 0.438 e. The Hall–Kier alpha value is -3.88. The molecule has 0 unspecified atom stereocenters. The molecular formula is C25H28N6O3. The van der Waals surface area contributed by atoms with Crippen molar-refractivity contribution in [3.63, 3.8) is 0 Å². The smallest absolute Gasteiger partial charge is 0.327 e. The Labute approximate surface area is 197 Å². The number of nitrogens with zero attached hydrogens (tertiary/aromatic N) is 5. The molecule has 0 aliphatic carbocycles. The van der Waals surface area contributed by atoms with Crippen molar-refractivity contribution in [1.82, 2.24) is 24.4 Å². The van der Waals surface area contributed by atoms with Crippen LogP contribution in [0.15, 0.2) is 58.2 Å². The van der Waals surface area contributed by atoms with Crippen LogP contribution >= 0.6 is 0 Å². The Balaban J connectivity index is 1.34. The van der Waals surface area contributed by atoms with Gasteiger partial charge in [0.05, 0.1) is 17.4 Å². The van der Waals surface area contributed by atoms with E-state index >= 15 is 0 Å². The van der Waals surface area contributed by atoms with Gasteiger partial charge in [-0.25, -0.2) is 14.8 Å². The summed E-state index contributed by atoms with van der Waals surface area (Å²) in [5.74, 6) is 0.141. The quantitative estimate of drug-likeness (QED) is 0.501. The standard InChI is InChI=1S/C25H28N6O3/c1-25(2,3)15-31-20-8-7-19(27-22(20)28-24(31)33)17-5-4-6-18(13-17)29-9-11-30(12-10-29)23(32)21-14-26-16-34-21/h4-8,13-14,16H,9-12,15H2,1-3H3,(H,27,28,33). The van der Waals surface area contributed by atoms with Crippen molar-refractivity contribution in [3.05, 3.63) is 65.2 Å². The maximum Gasteiger partial charge on any atom is 0.327 e. The van der Waals surface area contributed by atoms with E-state index in [9.17, 15) is 9.59 Å². The predicted octanol–water partition coefficient (Wildman–Crippen LogP) is 3.39. The van der Waals surface area contributed by atoms with E-state index in [1.165, 1.54) is 12.6 Å². The summed E-state index contributed by atoms with van der Waals surface area (Å²) in [7, 11) is 0. The highest BCUT2D eigenvalue weighted by Crippen LogP contribution is 2.26. The van der Waals surface area contributed by atoms with E-state index < -0.39 is 0 Å². The van der Waals surface area contributed by atoms with E-state index in [1.807, 2.05) is 24.3 Å². The molecule has 9 heteroatoms. The average Bonchev–Trinajstić information content (AvgIpc) is 3.46. The van der Waals surface area contributed by atoms with Crippen LogP contribution in [0.2, 0.25) is 0 Å². The molecule has 1 N–H and O–H groups in total. The SMILES string of the molecule is CC(C)(C)Cn1c(=O)[nH]c2nc(-c3cccc(N4CCN(C(=O)c5cnco5)CC4)c3)ccc21. The Morgan fingerprint density at radius 2 is 1.91 bits per heavy atom. The Bertz CT molecular complexity index is 1370. The van der Waals surface area contributed by atoms with E-state index in [0.717, 1.165) is 35.6 Å². The molecule has 4 aromatic rings. The molecule has 3 aromatic heterocycles. The van der Waals surface area contributed by atoms with Gasteiger partial charge in [0.25, 0.3) is 5.91 Å². The van der Waals surface area contributed by atoms with Crippen molar-refractivity contribution in [2.24, 2.45) is 5.41 Å². The number of amides is 1. The van der Waals surface area contributed by atoms with Gasteiger partial charge >= 0.3 is 5.69 Å². The molecule has 176 valence electrons. The Morgan fingerprint density at radius 3 is 2.62 bits per heavy atom. The molecule has 9 nitrogen and oxygen atoms in total. The van der Waals surface area contributed by atoms with Crippen LogP contribution < -0.4 is 10.6 Å². The van der Waals surface area contributed by atoms with Crippen LogP contribution in [0, 0.1) is 5.41 Å². The summed E-state index contributed by atoms with van der Waals surface area (Å²) in [6.45, 7) is 9.60. The third-order valence-electron chi connectivity index (χ3n) is 5.98. The highest BCUT2D eigenvalue weighted by atomic mass is 16.3. The molecule has 1 saturated heterocycles. The number of carbonyl (C=O) groups excluding carboxylic acids is 1. The fourth-order valence-electron chi connectivity index (χ4n) is 4.34. The van der Waals surface area contributed by atoms with Gasteiger partial charge in [-0.05, 0) is 29.7 Å². The van der Waals surface area contributed by atoms with E-state index in [4.69, 9.17) is 9.40 Å². The molecule has 0 atom stereocenters. The van der Waals surface area contributed by atoms with Gasteiger partial charge in [-0.2, -0.15) is 0 Å². The van der Waals surface area contributed by atoms with Gasteiger partial charge in [0.2, 0.25) is 5.76 Å². The third-order valence-corrected chi connectivity index (χ3v) is 5.98. The number of hydrogen-bond acceptors (Lipinski definition) is 6. The highest BCUT2D eigenvalue weighted by Gasteiger charge is 2.24. The number of nitrogens with one attached hydrogen (secondary N) is 1. The van der Waals surface area contributed by atoms with Crippen LogP contribution in [0.5, 0.6) is 0 Å². The minimum atomic E-state index is -0.138. The van der Waals surface area contributed by atoms with Crippen LogP contribution in [0.3, 0.4) is 0 Å². The van der Waals surface area contributed by atoms with Gasteiger partial charge in [0.1, 0.15) is 0 Å². The summed E-state index contributed by atoms with van der Waals surface area (Å²) in [6, 6.07) is 12.1. The zero-order valence-electron chi connectivity index (χ0n) is 19.6. The number of pyridine rings is 1. The number of imidazole rings is 1. The number of fused-ring (bicyclic) bond motifs is 1. The molecule has 1 aromatic carbocycles. The fourth-order valence-corrected chi connectivity index (χ4v) is 4.34. The monoisotopic (exact) mass is 460 g/mol. The van der Waals surface area contributed by atoms with Crippen molar-refractivity contribution in [2.75, 3.05) is 31.1 Å². The van der Waals surface area contributed by atoms with E-state index in [1.54, 1.807) is 9.47 Å². The van der Waals surface area contributed by atoms with Crippen molar-refractivity contribution in [1.29, 1.82) is 0 Å². The van der Waals surface area contributed by atoms with Gasteiger partial charge in [-0.3, -0.25) is 14.3 Å². The molecule has 0 bridgehead atoms. The summed E-state index contributed by atoms with van der Waals surface area (Å²) in [5.41, 5.74) is 4.10. The van der Waals surface area contributed by atoms with Crippen LogP contribution in [-0.4, -0.2) is 56.5 Å². The molecule has 0 spiro atoms. The number of aromatic nitrogens is 4. The van der Waals surface area contributed by atoms with E-state index in [-0.39, 0.29) is 22.8 Å². The molecule has 5 rings (SSSR count). The number of anilines is 1. The number of oxazole rings is 1. The first-order valence-corrected chi connectivity index (χ1v) is 11.4. The first-order chi connectivity index (χ1) is 16.3. The first-order valence-electron chi connectivity index (χ1n) is 11.4. The van der Waals surface area contributed by atoms with Crippen LogP contribution in [-0.2, 0) is 6.54 Å². The predicted molar refractivity (Wildman–Crippen MR) is 130 cm³/mol. The van der Waals surface area contributed by atoms with Crippen LogP contribution in [0.1, 0.15) is 31.3 Å². The fraction of sp³-hybridized carbons (Fsp3) is 0.360. The molecule has 1 fully saturated rings. The van der Waals surface area contributed by atoms with Gasteiger partial charge < -0.3 is 14.2 Å². The van der Waals surface area contributed by atoms with Crippen molar-refractivity contribution < 1.29 is 9.21 Å². The number of piperazine rings is 1. The van der Waals surface area contributed by atoms with Crippen LogP contribution in [0.4, 0.5) is 5.69 Å². The second kappa shape index (κ2) is 8.48. The summed E-state index contributed by atoms with van der Waals surface area (Å²) >= 11 is 0. The number of hydrogen-bond donors (Lipinski definition) is 1. The van der Waals surface area contributed by atoms with Gasteiger partial charge in [-0.1, -0.05) is 32.9 Å². The minimum absolute atomic E-state index is 0.0184. The average molecular weight is 461 g/mol. The molecule has 34 heavy (non-hydrogen) atoms. The number of carbonyl (C=O) groups is 1. The van der Waals surface area contributed by atoms with Gasteiger partial charge in [-0.15, -0.1) is 0 Å². The Kier molecular flexibility index (Phi) is 5.47. The lowest BCUT2D eigenvalue weighted by atomic mass is 9.97. The zero-order chi connectivity index (χ0) is 23.9. The number of H-pyrrole nitrogens is 1. The molecule has 1 aliphatic heterocycles. The second-order valence-electron chi connectivity index (χ2n) is 9.84. The van der Waals surface area contributed by atoms with Gasteiger partial charge in [0.15, 0.2) is 12.0 Å². The topological polar surface area (TPSA) is 100 Å². The Morgan fingerprint density at radius 1 is 1.12 bits per heavy atom. The summed E-state index contributed by atoms with van der Waals surface area (Å²) in [4.78, 5) is 40.5. The van der Waals surface area contributed by atoms with Crippen LogP contribution in [0.25, 0.3) is 22.4 Å². The minimum Gasteiger partial charge on any atom is -0.438 e. The lowest BCUT2D eigenvalue weighted by Crippen LogP contribution is -2.48. The molecule has 0 radical (unpaired) electrons. The summed E-state index contributed by atoms with van der Waals surface area (Å²) < 4.78 is 6.89. The van der Waals surface area contributed by atoms with E-state index in [2.05, 4.69) is 47.8 Å². The van der Waals surface area contributed by atoms with Crippen molar-refractivity contribution in [3.8, 4) is 11.3 Å².